The smallest absolute Gasteiger partial charge is 0.326 e. The summed E-state index contributed by atoms with van der Waals surface area (Å²) in [5.74, 6) is -7.25. The van der Waals surface area contributed by atoms with Gasteiger partial charge < -0.3 is 101 Å². The number of β-amino-alcohol motifs (C(OH)–C–C–N with tert-alkyl or cyclic N) is 1. The van der Waals surface area contributed by atoms with Crippen molar-refractivity contribution in [1.29, 1.82) is 0 Å². The molecule has 0 spiro atoms. The summed E-state index contributed by atoms with van der Waals surface area (Å²) in [6, 6.07) is 14.0. The monoisotopic (exact) mass is 1480 g/mol. The normalized spacial score (nSPS) is 23.0. The molecule has 4 bridgehead atoms. The van der Waals surface area contributed by atoms with E-state index in [9.17, 15) is 63.3 Å². The van der Waals surface area contributed by atoms with Crippen LogP contribution in [-0.2, 0) is 72.0 Å². The summed E-state index contributed by atoms with van der Waals surface area (Å²) in [6.07, 6.45) is 6.38. The number of aliphatic carboxylic acids is 1. The van der Waals surface area contributed by atoms with Gasteiger partial charge in [0.25, 0.3) is 0 Å². The Morgan fingerprint density at radius 2 is 1.03 bits per heavy atom. The fourth-order valence-corrected chi connectivity index (χ4v) is 16.8. The SMILES string of the molecule is NC(N)=NCCC[C@H](NC(=O)[C@H](Cc1ccccc1)N1CCN(C(=O)[C@H](CO)NC(=O)[C@H](Cc2ccccc2)NC(=O)CNC(=O)[C@@H]2C[C@@H](O)CN2C(=O)[C@@H]2CCCN2C(=O)[C@H](CCCN=C(N)N)NC(=O)[C@@H](CCCN=C(N)N)NC(=O)CC23CC4CC(CC(C4)C2)C3)[C@@H](Cc2ccccc2)C1=O)C(=O)O. The number of likely N-dealkylation sites (tertiary alicyclic amines) is 2. The van der Waals surface area contributed by atoms with Gasteiger partial charge in [-0.2, -0.15) is 0 Å². The number of aliphatic hydroxyl groups excluding tert-OH is 2. The summed E-state index contributed by atoms with van der Waals surface area (Å²) in [5.41, 5.74) is 35.1. The average molecular weight is 1480 g/mol. The van der Waals surface area contributed by atoms with Gasteiger partial charge in [-0.1, -0.05) is 91.0 Å². The molecule has 10 rings (SSSR count). The molecule has 0 radical (unpaired) electrons. The van der Waals surface area contributed by atoms with E-state index in [4.69, 9.17) is 34.4 Å². The minimum absolute atomic E-state index is 0.0215. The summed E-state index contributed by atoms with van der Waals surface area (Å²) in [7, 11) is 0. The van der Waals surface area contributed by atoms with Crippen molar-refractivity contribution in [2.45, 2.75) is 182 Å². The van der Waals surface area contributed by atoms with Crippen molar-refractivity contribution < 1.29 is 68.1 Å². The van der Waals surface area contributed by atoms with E-state index in [1.165, 1.54) is 34.0 Å². The second-order valence-electron chi connectivity index (χ2n) is 29.4. The number of hydrogen-bond acceptors (Lipinski definition) is 16. The molecular weight excluding hydrogens is 1380 g/mol. The Morgan fingerprint density at radius 1 is 0.533 bits per heavy atom. The summed E-state index contributed by atoms with van der Waals surface area (Å²) in [5, 5.41) is 48.4. The number of carbonyl (C=O) groups excluding carboxylic acids is 10. The van der Waals surface area contributed by atoms with Crippen LogP contribution in [0.4, 0.5) is 0 Å². The third-order valence-electron chi connectivity index (χ3n) is 21.3. The van der Waals surface area contributed by atoms with Gasteiger partial charge in [-0.25, -0.2) is 4.79 Å². The molecule has 7 aliphatic rings. The number of nitrogens with two attached hydrogens (primary N) is 6. The molecule has 580 valence electrons. The fraction of sp³-hybridized carbons (Fsp3) is 0.568. The Labute approximate surface area is 621 Å². The van der Waals surface area contributed by atoms with Gasteiger partial charge in [0.15, 0.2) is 17.9 Å². The first-order chi connectivity index (χ1) is 51.3. The Kier molecular flexibility index (Phi) is 28.8. The van der Waals surface area contributed by atoms with Crippen LogP contribution in [0, 0.1) is 23.2 Å². The number of piperazine rings is 1. The zero-order chi connectivity index (χ0) is 76.9. The number of aliphatic imine (C=N–C) groups is 3. The molecule has 21 N–H and O–H groups in total. The van der Waals surface area contributed by atoms with Gasteiger partial charge in [0.05, 0.1) is 19.3 Å². The van der Waals surface area contributed by atoms with Crippen LogP contribution >= 0.6 is 0 Å². The average Bonchev–Trinajstić information content (AvgIpc) is 1.23. The van der Waals surface area contributed by atoms with Gasteiger partial charge in [0.2, 0.25) is 59.1 Å². The Balaban J connectivity index is 0.858. The Hall–Kier alpha value is -10.4. The predicted molar refractivity (Wildman–Crippen MR) is 395 cm³/mol. The van der Waals surface area contributed by atoms with Gasteiger partial charge in [0, 0.05) is 77.9 Å². The molecule has 33 heteroatoms. The second-order valence-corrected chi connectivity index (χ2v) is 29.4. The van der Waals surface area contributed by atoms with Crippen molar-refractivity contribution in [3.63, 3.8) is 0 Å². The molecule has 3 aromatic rings. The third-order valence-corrected chi connectivity index (χ3v) is 21.3. The zero-order valence-corrected chi connectivity index (χ0v) is 60.4. The molecule has 107 heavy (non-hydrogen) atoms. The van der Waals surface area contributed by atoms with Crippen molar-refractivity contribution in [2.75, 3.05) is 59.0 Å². The summed E-state index contributed by atoms with van der Waals surface area (Å²) in [6.45, 7) is -2.04. The van der Waals surface area contributed by atoms with E-state index in [2.05, 4.69) is 46.9 Å². The fourth-order valence-electron chi connectivity index (χ4n) is 16.8. The second kappa shape index (κ2) is 38.2. The first-order valence-electron chi connectivity index (χ1n) is 37.1. The topological polar surface area (TPSA) is 527 Å². The van der Waals surface area contributed by atoms with E-state index in [1.54, 1.807) is 91.0 Å². The van der Waals surface area contributed by atoms with Crippen LogP contribution in [0.1, 0.15) is 119 Å². The lowest BCUT2D eigenvalue weighted by Crippen LogP contribution is -2.67. The molecule has 3 aromatic carbocycles. The molecular formula is C74H105N19O14. The van der Waals surface area contributed by atoms with Crippen molar-refractivity contribution in [2.24, 2.45) is 72.5 Å². The minimum atomic E-state index is -1.71. The van der Waals surface area contributed by atoms with Gasteiger partial charge in [-0.15, -0.1) is 0 Å². The third kappa shape index (κ3) is 22.6. The maximum absolute atomic E-state index is 15.1. The van der Waals surface area contributed by atoms with E-state index < -0.39 is 133 Å². The first-order valence-corrected chi connectivity index (χ1v) is 37.1. The molecule has 0 aromatic heterocycles. The van der Waals surface area contributed by atoms with E-state index in [0.29, 0.717) is 47.3 Å². The number of carbonyl (C=O) groups is 11. The highest BCUT2D eigenvalue weighted by Gasteiger charge is 2.53. The Morgan fingerprint density at radius 3 is 1.58 bits per heavy atom. The molecule has 3 saturated heterocycles. The number of nitrogens with one attached hydrogen (secondary N) is 6. The number of rotatable bonds is 37. The number of carboxylic acids is 1. The highest BCUT2D eigenvalue weighted by molar-refractivity contribution is 5.99. The largest absolute Gasteiger partial charge is 0.480 e. The number of carboxylic acid groups (broad SMARTS) is 1. The van der Waals surface area contributed by atoms with Crippen molar-refractivity contribution in [1.82, 2.24) is 51.5 Å². The summed E-state index contributed by atoms with van der Waals surface area (Å²) < 4.78 is 0. The molecule has 10 atom stereocenters. The Bertz CT molecular complexity index is 3670. The molecule has 10 amide bonds. The number of hydrogen-bond donors (Lipinski definition) is 15. The summed E-state index contributed by atoms with van der Waals surface area (Å²) >= 11 is 0. The van der Waals surface area contributed by atoms with Crippen LogP contribution in [0.3, 0.4) is 0 Å². The highest BCUT2D eigenvalue weighted by Crippen LogP contribution is 2.61. The van der Waals surface area contributed by atoms with Gasteiger partial charge in [0.1, 0.15) is 54.4 Å². The number of benzene rings is 3. The predicted octanol–water partition coefficient (Wildman–Crippen LogP) is -2.54. The maximum Gasteiger partial charge on any atom is 0.326 e. The van der Waals surface area contributed by atoms with Crippen LogP contribution in [0.2, 0.25) is 0 Å². The molecule has 33 nitrogen and oxygen atoms in total. The molecule has 3 heterocycles. The van der Waals surface area contributed by atoms with E-state index in [-0.39, 0.29) is 146 Å². The van der Waals surface area contributed by atoms with Crippen LogP contribution < -0.4 is 66.3 Å². The lowest BCUT2D eigenvalue weighted by molar-refractivity contribution is -0.158. The van der Waals surface area contributed by atoms with Gasteiger partial charge in [-0.05, 0) is 130 Å². The zero-order valence-electron chi connectivity index (χ0n) is 60.4. The van der Waals surface area contributed by atoms with Gasteiger partial charge >= 0.3 is 5.97 Å². The molecule has 3 aliphatic heterocycles. The van der Waals surface area contributed by atoms with Crippen LogP contribution in [0.25, 0.3) is 0 Å². The molecule has 4 aliphatic carbocycles. The highest BCUT2D eigenvalue weighted by atomic mass is 16.4. The number of guanidine groups is 3. The molecule has 0 unspecified atom stereocenters. The molecule has 4 saturated carbocycles. The van der Waals surface area contributed by atoms with Crippen molar-refractivity contribution >= 4 is 82.9 Å². The van der Waals surface area contributed by atoms with Crippen LogP contribution in [0.5, 0.6) is 0 Å². The van der Waals surface area contributed by atoms with Crippen LogP contribution in [0.15, 0.2) is 106 Å². The first kappa shape index (κ1) is 80.7. The van der Waals surface area contributed by atoms with Gasteiger partial charge in [-0.3, -0.25) is 62.9 Å². The molecule has 7 fully saturated rings. The maximum atomic E-state index is 15.1. The van der Waals surface area contributed by atoms with Crippen LogP contribution in [-0.4, -0.2) is 237 Å². The van der Waals surface area contributed by atoms with E-state index >= 15 is 4.79 Å². The van der Waals surface area contributed by atoms with Crippen molar-refractivity contribution in [3.8, 4) is 0 Å². The van der Waals surface area contributed by atoms with E-state index in [0.717, 1.165) is 24.2 Å². The minimum Gasteiger partial charge on any atom is -0.480 e. The summed E-state index contributed by atoms with van der Waals surface area (Å²) in [4.78, 5) is 175. The lowest BCUT2D eigenvalue weighted by Gasteiger charge is -2.56. The number of amides is 10. The quantitative estimate of drug-likeness (QED) is 0.0161. The number of nitrogens with zero attached hydrogens (tertiary/aromatic N) is 7. The lowest BCUT2D eigenvalue weighted by atomic mass is 9.49. The van der Waals surface area contributed by atoms with Crippen molar-refractivity contribution in [3.05, 3.63) is 108 Å². The van der Waals surface area contributed by atoms with E-state index in [1.807, 2.05) is 0 Å². The standard InChI is InChI=1S/C74H105N19O14/c75-71(76)81-24-10-20-51(85-60(96)40-74-37-47-30-48(38-74)32-49(31-47)39-74)62(98)87-52(21-11-25-82-72(77)78)66(102)90-27-13-23-56(90)68(104)93-42-50(95)36-58(93)64(100)84-41-61(97)86-54(33-44-14-4-1-5-15-44)63(99)89-55(43-94)67(103)92-29-28-91(69(105)59(92)35-46-18-8-3-9-19-46)57(34-45-16-6-2-7-17-45)65(101)88-53(70(106)107)22-12-26-83-73(79)80/h1-9,14-19,47-59,94-95H,10-13,20-43H2,(H,84,100)(H,85,96)(H,86,97)(H,87,98)(H,88,101)(H,89,99)(H,106,107)(H4,75,76,81)(H4,77,78,82)(H4,79,80,83)/t47?,48?,49?,50-,51-,52+,53+,54+,55+,56+,57+,58+,59+,74?/m1/s1. The number of aliphatic hydroxyl groups is 2.